The van der Waals surface area contributed by atoms with Crippen LogP contribution in [0.15, 0.2) is 54.7 Å². The van der Waals surface area contributed by atoms with Crippen LogP contribution < -0.4 is 10.2 Å². The lowest BCUT2D eigenvalue weighted by Gasteiger charge is -2.42. The van der Waals surface area contributed by atoms with Gasteiger partial charge in [-0.15, -0.1) is 0 Å². The zero-order valence-electron chi connectivity index (χ0n) is 15.7. The van der Waals surface area contributed by atoms with E-state index in [2.05, 4.69) is 68.9 Å². The molecule has 0 bridgehead atoms. The van der Waals surface area contributed by atoms with Gasteiger partial charge in [-0.1, -0.05) is 18.2 Å². The van der Waals surface area contributed by atoms with E-state index in [1.54, 1.807) is 0 Å². The van der Waals surface area contributed by atoms with Gasteiger partial charge in [-0.3, -0.25) is 4.90 Å². The molecule has 0 saturated carbocycles. The number of rotatable bonds is 3. The number of nitrogens with zero attached hydrogens (tertiary/aromatic N) is 4. The second kappa shape index (κ2) is 7.33. The quantitative estimate of drug-likeness (QED) is 0.778. The molecule has 0 spiro atoms. The van der Waals surface area contributed by atoms with Crippen LogP contribution in [0.2, 0.25) is 0 Å². The monoisotopic (exact) mass is 361 g/mol. The number of hydrogen-bond acceptors (Lipinski definition) is 4. The summed E-state index contributed by atoms with van der Waals surface area (Å²) < 4.78 is 1.98. The van der Waals surface area contributed by atoms with E-state index in [0.29, 0.717) is 6.04 Å². The highest BCUT2D eigenvalue weighted by Crippen LogP contribution is 2.24. The molecule has 0 unspecified atom stereocenters. The van der Waals surface area contributed by atoms with Gasteiger partial charge in [0.25, 0.3) is 0 Å². The first-order valence-corrected chi connectivity index (χ1v) is 10.1. The summed E-state index contributed by atoms with van der Waals surface area (Å²) in [7, 11) is 0. The maximum Gasteiger partial charge on any atom is 0.0927 e. The molecule has 0 amide bonds. The minimum absolute atomic E-state index is 0.692. The Morgan fingerprint density at radius 2 is 1.67 bits per heavy atom. The maximum atomic E-state index is 4.69. The smallest absolute Gasteiger partial charge is 0.0927 e. The number of aromatic nitrogens is 2. The largest absolute Gasteiger partial charge is 0.370 e. The zero-order valence-corrected chi connectivity index (χ0v) is 15.7. The predicted molar refractivity (Wildman–Crippen MR) is 111 cm³/mol. The van der Waals surface area contributed by atoms with Crippen LogP contribution in [0, 0.1) is 0 Å². The molecule has 2 saturated heterocycles. The van der Waals surface area contributed by atoms with Crippen molar-refractivity contribution >= 4 is 16.6 Å². The van der Waals surface area contributed by atoms with Crippen molar-refractivity contribution < 1.29 is 0 Å². The molecule has 2 aliphatic rings. The van der Waals surface area contributed by atoms with Crippen molar-refractivity contribution in [3.05, 3.63) is 54.7 Å². The minimum Gasteiger partial charge on any atom is -0.370 e. The van der Waals surface area contributed by atoms with Crippen LogP contribution in [-0.2, 0) is 0 Å². The van der Waals surface area contributed by atoms with Gasteiger partial charge in [0.2, 0.25) is 0 Å². The van der Waals surface area contributed by atoms with E-state index < -0.39 is 0 Å². The molecule has 5 rings (SSSR count). The average Bonchev–Trinajstić information content (AvgIpc) is 3.19. The summed E-state index contributed by atoms with van der Waals surface area (Å²) in [6.45, 7) is 6.93. The molecule has 5 heteroatoms. The first-order valence-electron chi connectivity index (χ1n) is 10.1. The highest BCUT2D eigenvalue weighted by Gasteiger charge is 2.26. The third-order valence-corrected chi connectivity index (χ3v) is 5.96. The van der Waals surface area contributed by atoms with E-state index in [1.165, 1.54) is 37.0 Å². The van der Waals surface area contributed by atoms with Crippen molar-refractivity contribution in [3.8, 4) is 5.69 Å². The molecule has 1 atom stereocenters. The molecule has 3 heterocycles. The Hall–Kier alpha value is -2.37. The van der Waals surface area contributed by atoms with Crippen LogP contribution in [0.25, 0.3) is 16.6 Å². The molecule has 0 aliphatic carbocycles. The number of anilines is 1. The van der Waals surface area contributed by atoms with Gasteiger partial charge in [0, 0.05) is 62.6 Å². The molecule has 140 valence electrons. The lowest BCUT2D eigenvalue weighted by atomic mass is 10.0. The second-order valence-electron chi connectivity index (χ2n) is 7.68. The molecule has 1 aromatic heterocycles. The van der Waals surface area contributed by atoms with Gasteiger partial charge in [-0.2, -0.15) is 5.10 Å². The molecule has 27 heavy (non-hydrogen) atoms. The third kappa shape index (κ3) is 3.45. The summed E-state index contributed by atoms with van der Waals surface area (Å²) in [5.74, 6) is 0. The number of piperazine rings is 1. The maximum absolute atomic E-state index is 4.69. The van der Waals surface area contributed by atoms with Crippen LogP contribution in [0.4, 0.5) is 5.69 Å². The van der Waals surface area contributed by atoms with Gasteiger partial charge < -0.3 is 10.2 Å². The van der Waals surface area contributed by atoms with E-state index in [1.807, 2.05) is 10.7 Å². The fourth-order valence-electron chi connectivity index (χ4n) is 4.45. The number of nitrogens with one attached hydrogen (secondary N) is 1. The molecular formula is C22H27N5. The van der Waals surface area contributed by atoms with Crippen molar-refractivity contribution in [3.63, 3.8) is 0 Å². The van der Waals surface area contributed by atoms with Crippen molar-refractivity contribution in [2.45, 2.75) is 18.9 Å². The van der Waals surface area contributed by atoms with Crippen LogP contribution in [0.3, 0.4) is 0 Å². The molecule has 2 aromatic carbocycles. The Kier molecular flexibility index (Phi) is 4.56. The highest BCUT2D eigenvalue weighted by molar-refractivity contribution is 5.78. The summed E-state index contributed by atoms with van der Waals surface area (Å²) >= 11 is 0. The number of hydrogen-bond donors (Lipinski definition) is 1. The summed E-state index contributed by atoms with van der Waals surface area (Å²) in [6, 6.07) is 17.8. The number of fused-ring (bicyclic) bond motifs is 1. The molecule has 2 aliphatic heterocycles. The molecular weight excluding hydrogens is 334 g/mol. The van der Waals surface area contributed by atoms with Crippen molar-refractivity contribution in [1.82, 2.24) is 20.0 Å². The number of benzene rings is 2. The summed E-state index contributed by atoms with van der Waals surface area (Å²) in [5.41, 5.74) is 3.48. The predicted octanol–water partition coefficient (Wildman–Crippen LogP) is 2.90. The van der Waals surface area contributed by atoms with Crippen molar-refractivity contribution in [1.29, 1.82) is 0 Å². The molecule has 0 radical (unpaired) electrons. The van der Waals surface area contributed by atoms with Crippen LogP contribution >= 0.6 is 0 Å². The molecule has 5 nitrogen and oxygen atoms in total. The van der Waals surface area contributed by atoms with Gasteiger partial charge in [-0.05, 0) is 43.2 Å². The summed E-state index contributed by atoms with van der Waals surface area (Å²) in [4.78, 5) is 5.23. The second-order valence-corrected chi connectivity index (χ2v) is 7.68. The number of piperidine rings is 1. The third-order valence-electron chi connectivity index (χ3n) is 5.96. The SMILES string of the molecule is c1ccc2nn(-c3ccc(N4CCC[C@H](N5CCNCC5)C4)cc3)cc2c1. The van der Waals surface area contributed by atoms with Crippen LogP contribution in [-0.4, -0.2) is 60.0 Å². The standard InChI is InChI=1S/C22H27N5/c1-2-6-22-18(4-1)16-27(24-22)20-9-7-19(8-10-20)26-13-3-5-21(17-26)25-14-11-23-12-15-25/h1-2,4,6-10,16,21,23H,3,5,11-15,17H2/t21-/m0/s1. The van der Waals surface area contributed by atoms with Crippen LogP contribution in [0.5, 0.6) is 0 Å². The van der Waals surface area contributed by atoms with E-state index in [0.717, 1.165) is 37.4 Å². The van der Waals surface area contributed by atoms with Crippen molar-refractivity contribution in [2.24, 2.45) is 0 Å². The normalized spacial score (nSPS) is 21.6. The Labute approximate surface area is 160 Å². The van der Waals surface area contributed by atoms with Crippen LogP contribution in [0.1, 0.15) is 12.8 Å². The fourth-order valence-corrected chi connectivity index (χ4v) is 4.45. The first kappa shape index (κ1) is 16.8. The Balaban J connectivity index is 1.32. The van der Waals surface area contributed by atoms with Gasteiger partial charge in [0.15, 0.2) is 0 Å². The Bertz CT molecular complexity index is 861. The van der Waals surface area contributed by atoms with Gasteiger partial charge in [0.05, 0.1) is 11.2 Å². The molecule has 2 fully saturated rings. The molecule has 1 N–H and O–H groups in total. The van der Waals surface area contributed by atoms with Gasteiger partial charge in [-0.25, -0.2) is 4.68 Å². The molecule has 3 aromatic rings. The highest BCUT2D eigenvalue weighted by atomic mass is 15.3. The van der Waals surface area contributed by atoms with E-state index >= 15 is 0 Å². The van der Waals surface area contributed by atoms with E-state index in [9.17, 15) is 0 Å². The average molecular weight is 361 g/mol. The lowest BCUT2D eigenvalue weighted by Crippen LogP contribution is -2.54. The van der Waals surface area contributed by atoms with Gasteiger partial charge in [0.1, 0.15) is 0 Å². The van der Waals surface area contributed by atoms with E-state index in [4.69, 9.17) is 0 Å². The summed E-state index contributed by atoms with van der Waals surface area (Å²) in [5, 5.41) is 9.33. The van der Waals surface area contributed by atoms with E-state index in [-0.39, 0.29) is 0 Å². The lowest BCUT2D eigenvalue weighted by molar-refractivity contribution is 0.156. The Morgan fingerprint density at radius 3 is 2.48 bits per heavy atom. The zero-order chi connectivity index (χ0) is 18.1. The first-order chi connectivity index (χ1) is 13.4. The topological polar surface area (TPSA) is 36.3 Å². The van der Waals surface area contributed by atoms with Gasteiger partial charge >= 0.3 is 0 Å². The van der Waals surface area contributed by atoms with Crippen molar-refractivity contribution in [2.75, 3.05) is 44.2 Å². The minimum atomic E-state index is 0.692. The fraction of sp³-hybridized carbons (Fsp3) is 0.409. The Morgan fingerprint density at radius 1 is 0.889 bits per heavy atom. The summed E-state index contributed by atoms with van der Waals surface area (Å²) in [6.07, 6.45) is 4.71.